The minimum Gasteiger partial charge on any atom is -0.340 e. The summed E-state index contributed by atoms with van der Waals surface area (Å²) >= 11 is 6.04. The van der Waals surface area contributed by atoms with Gasteiger partial charge in [-0.1, -0.05) is 17.7 Å². The third kappa shape index (κ3) is 3.94. The van der Waals surface area contributed by atoms with Crippen molar-refractivity contribution in [3.05, 3.63) is 89.2 Å². The number of carbonyl (C=O) groups is 1. The molecule has 2 aromatic carbocycles. The Morgan fingerprint density at radius 3 is 2.57 bits per heavy atom. The minimum absolute atomic E-state index is 0.174. The molecule has 0 aliphatic carbocycles. The summed E-state index contributed by atoms with van der Waals surface area (Å²) in [4.78, 5) is 20.9. The zero-order chi connectivity index (χ0) is 19.5. The van der Waals surface area contributed by atoms with Crippen molar-refractivity contribution in [2.24, 2.45) is 0 Å². The summed E-state index contributed by atoms with van der Waals surface area (Å²) in [5.41, 5.74) is 4.04. The SMILES string of the molecule is Cc1cc(Nc2cccc(Cl)c2)nc2ccc(NC(=O)c3ccncc3)cc12. The highest BCUT2D eigenvalue weighted by atomic mass is 35.5. The highest BCUT2D eigenvalue weighted by Crippen LogP contribution is 2.26. The van der Waals surface area contributed by atoms with Crippen molar-refractivity contribution in [2.75, 3.05) is 10.6 Å². The van der Waals surface area contributed by atoms with Gasteiger partial charge in [0.05, 0.1) is 5.52 Å². The first-order chi connectivity index (χ1) is 13.6. The molecule has 0 spiro atoms. The van der Waals surface area contributed by atoms with E-state index in [1.54, 1.807) is 24.5 Å². The number of aryl methyl sites for hydroxylation is 1. The molecule has 2 N–H and O–H groups in total. The number of hydrogen-bond acceptors (Lipinski definition) is 4. The zero-order valence-electron chi connectivity index (χ0n) is 15.1. The molecular weight excluding hydrogens is 372 g/mol. The summed E-state index contributed by atoms with van der Waals surface area (Å²) in [5, 5.41) is 7.83. The van der Waals surface area contributed by atoms with E-state index in [4.69, 9.17) is 11.6 Å². The number of pyridine rings is 2. The first kappa shape index (κ1) is 17.9. The molecule has 6 heteroatoms. The van der Waals surface area contributed by atoms with Crippen LogP contribution in [0.15, 0.2) is 73.1 Å². The summed E-state index contributed by atoms with van der Waals surface area (Å²) in [6.45, 7) is 2.02. The van der Waals surface area contributed by atoms with Crippen LogP contribution in [0.5, 0.6) is 0 Å². The van der Waals surface area contributed by atoms with E-state index in [1.165, 1.54) is 0 Å². The maximum atomic E-state index is 12.3. The van der Waals surface area contributed by atoms with E-state index in [0.717, 1.165) is 33.7 Å². The molecule has 0 saturated carbocycles. The lowest BCUT2D eigenvalue weighted by Crippen LogP contribution is -2.11. The van der Waals surface area contributed by atoms with Gasteiger partial charge in [0.15, 0.2) is 0 Å². The van der Waals surface area contributed by atoms with Crippen LogP contribution in [0.3, 0.4) is 0 Å². The molecule has 1 amide bonds. The molecule has 138 valence electrons. The fraction of sp³-hybridized carbons (Fsp3) is 0.0455. The molecule has 2 aromatic heterocycles. The van der Waals surface area contributed by atoms with Gasteiger partial charge >= 0.3 is 0 Å². The number of fused-ring (bicyclic) bond motifs is 1. The van der Waals surface area contributed by atoms with Crippen molar-refractivity contribution in [3.63, 3.8) is 0 Å². The van der Waals surface area contributed by atoms with Gasteiger partial charge < -0.3 is 10.6 Å². The molecule has 0 unspecified atom stereocenters. The van der Waals surface area contributed by atoms with Gasteiger partial charge in [0.1, 0.15) is 5.82 Å². The van der Waals surface area contributed by atoms with Crippen molar-refractivity contribution in [1.29, 1.82) is 0 Å². The fourth-order valence-electron chi connectivity index (χ4n) is 2.96. The third-order valence-corrected chi connectivity index (χ3v) is 4.55. The Hall–Kier alpha value is -3.44. The number of amides is 1. The lowest BCUT2D eigenvalue weighted by atomic mass is 10.1. The predicted octanol–water partition coefficient (Wildman–Crippen LogP) is 5.59. The molecule has 0 aliphatic rings. The molecule has 2 heterocycles. The third-order valence-electron chi connectivity index (χ3n) is 4.31. The van der Waals surface area contributed by atoms with Crippen LogP contribution in [-0.4, -0.2) is 15.9 Å². The van der Waals surface area contributed by atoms with E-state index in [0.29, 0.717) is 10.6 Å². The van der Waals surface area contributed by atoms with Gasteiger partial charge in [-0.2, -0.15) is 0 Å². The molecule has 0 fully saturated rings. The van der Waals surface area contributed by atoms with Gasteiger partial charge in [0.2, 0.25) is 0 Å². The monoisotopic (exact) mass is 388 g/mol. The van der Waals surface area contributed by atoms with Crippen molar-refractivity contribution in [1.82, 2.24) is 9.97 Å². The smallest absolute Gasteiger partial charge is 0.255 e. The standard InChI is InChI=1S/C22H17ClN4O/c1-14-11-21(25-17-4-2-3-16(23)12-17)27-20-6-5-18(13-19(14)20)26-22(28)15-7-9-24-10-8-15/h2-13H,1H3,(H,25,27)(H,26,28). The van der Waals surface area contributed by atoms with E-state index >= 15 is 0 Å². The predicted molar refractivity (Wildman–Crippen MR) is 113 cm³/mol. The molecule has 4 rings (SSSR count). The van der Waals surface area contributed by atoms with Gasteiger partial charge in [-0.25, -0.2) is 4.98 Å². The second-order valence-corrected chi connectivity index (χ2v) is 6.82. The van der Waals surface area contributed by atoms with Crippen LogP contribution < -0.4 is 10.6 Å². The number of nitrogens with one attached hydrogen (secondary N) is 2. The van der Waals surface area contributed by atoms with Crippen molar-refractivity contribution >= 4 is 45.6 Å². The fourth-order valence-corrected chi connectivity index (χ4v) is 3.15. The van der Waals surface area contributed by atoms with Crippen LogP contribution in [0.4, 0.5) is 17.2 Å². The second-order valence-electron chi connectivity index (χ2n) is 6.38. The van der Waals surface area contributed by atoms with E-state index in [1.807, 2.05) is 55.5 Å². The van der Waals surface area contributed by atoms with Crippen molar-refractivity contribution in [3.8, 4) is 0 Å². The molecular formula is C22H17ClN4O. The Kier molecular flexibility index (Phi) is 4.91. The van der Waals surface area contributed by atoms with Gasteiger partial charge in [-0.3, -0.25) is 9.78 Å². The molecule has 4 aromatic rings. The summed E-state index contributed by atoms with van der Waals surface area (Å²) in [6, 6.07) is 18.5. The molecule has 0 radical (unpaired) electrons. The second kappa shape index (κ2) is 7.66. The Balaban J connectivity index is 1.60. The van der Waals surface area contributed by atoms with E-state index in [-0.39, 0.29) is 5.91 Å². The van der Waals surface area contributed by atoms with E-state index in [9.17, 15) is 4.79 Å². The maximum Gasteiger partial charge on any atom is 0.255 e. The largest absolute Gasteiger partial charge is 0.340 e. The molecule has 5 nitrogen and oxygen atoms in total. The lowest BCUT2D eigenvalue weighted by molar-refractivity contribution is 0.102. The maximum absolute atomic E-state index is 12.3. The molecule has 0 bridgehead atoms. The minimum atomic E-state index is -0.174. The highest BCUT2D eigenvalue weighted by molar-refractivity contribution is 6.30. The Bertz CT molecular complexity index is 1160. The average molecular weight is 389 g/mol. The van der Waals surface area contributed by atoms with Crippen LogP contribution in [0, 0.1) is 6.92 Å². The number of aromatic nitrogens is 2. The van der Waals surface area contributed by atoms with Crippen molar-refractivity contribution < 1.29 is 4.79 Å². The van der Waals surface area contributed by atoms with Gasteiger partial charge in [-0.15, -0.1) is 0 Å². The number of benzene rings is 2. The van der Waals surface area contributed by atoms with Gasteiger partial charge in [0.25, 0.3) is 5.91 Å². The normalized spacial score (nSPS) is 10.6. The quantitative estimate of drug-likeness (QED) is 0.478. The average Bonchev–Trinajstić information content (AvgIpc) is 2.69. The molecule has 28 heavy (non-hydrogen) atoms. The van der Waals surface area contributed by atoms with Crippen LogP contribution in [0.2, 0.25) is 5.02 Å². The first-order valence-corrected chi connectivity index (χ1v) is 9.12. The Morgan fingerprint density at radius 1 is 0.964 bits per heavy atom. The number of anilines is 3. The Morgan fingerprint density at radius 2 is 1.79 bits per heavy atom. The summed E-state index contributed by atoms with van der Waals surface area (Å²) in [6.07, 6.45) is 3.19. The number of carbonyl (C=O) groups excluding carboxylic acids is 1. The molecule has 0 atom stereocenters. The topological polar surface area (TPSA) is 66.9 Å². The number of hydrogen-bond donors (Lipinski definition) is 2. The first-order valence-electron chi connectivity index (χ1n) is 8.74. The zero-order valence-corrected chi connectivity index (χ0v) is 15.9. The van der Waals surface area contributed by atoms with Crippen LogP contribution in [-0.2, 0) is 0 Å². The van der Waals surface area contributed by atoms with E-state index in [2.05, 4.69) is 20.6 Å². The molecule has 0 saturated heterocycles. The highest BCUT2D eigenvalue weighted by Gasteiger charge is 2.08. The molecule has 0 aliphatic heterocycles. The number of rotatable bonds is 4. The summed E-state index contributed by atoms with van der Waals surface area (Å²) < 4.78 is 0. The summed E-state index contributed by atoms with van der Waals surface area (Å²) in [5.74, 6) is 0.562. The Labute approximate surface area is 167 Å². The van der Waals surface area contributed by atoms with Crippen molar-refractivity contribution in [2.45, 2.75) is 6.92 Å². The van der Waals surface area contributed by atoms with E-state index < -0.39 is 0 Å². The van der Waals surface area contributed by atoms with Gasteiger partial charge in [-0.05, 0) is 67.1 Å². The number of nitrogens with zero attached hydrogens (tertiary/aromatic N) is 2. The van der Waals surface area contributed by atoms with Crippen LogP contribution >= 0.6 is 11.6 Å². The van der Waals surface area contributed by atoms with Crippen LogP contribution in [0.1, 0.15) is 15.9 Å². The van der Waals surface area contributed by atoms with Gasteiger partial charge in [0, 0.05) is 39.7 Å². The lowest BCUT2D eigenvalue weighted by Gasteiger charge is -2.11. The van der Waals surface area contributed by atoms with Crippen LogP contribution in [0.25, 0.3) is 10.9 Å². The number of halogens is 1. The summed E-state index contributed by atoms with van der Waals surface area (Å²) in [7, 11) is 0.